The largest absolute Gasteiger partial charge is 0.490 e. The molecule has 4 aromatic carbocycles. The zero-order valence-corrected chi connectivity index (χ0v) is 28.3. The summed E-state index contributed by atoms with van der Waals surface area (Å²) < 4.78 is 23.6. The second-order valence-corrected chi connectivity index (χ2v) is 11.3. The number of para-hydroxylation sites is 1. The van der Waals surface area contributed by atoms with Crippen LogP contribution in [0.3, 0.4) is 0 Å². The Labute approximate surface area is 285 Å². The molecular formula is C35H31ClIN3O6. The lowest BCUT2D eigenvalue weighted by Gasteiger charge is -2.13. The second-order valence-electron chi connectivity index (χ2n) is 9.77. The molecule has 1 amide bonds. The molecule has 0 bridgehead atoms. The average molecular weight is 752 g/mol. The number of benzene rings is 4. The minimum atomic E-state index is -0.582. The molecule has 1 aromatic heterocycles. The highest BCUT2D eigenvalue weighted by Gasteiger charge is 2.22. The van der Waals surface area contributed by atoms with Crippen LogP contribution in [0.1, 0.15) is 47.2 Å². The van der Waals surface area contributed by atoms with E-state index in [0.717, 1.165) is 20.0 Å². The predicted octanol–water partition coefficient (Wildman–Crippen LogP) is 8.27. The summed E-state index contributed by atoms with van der Waals surface area (Å²) in [5.74, 6) is 0.561. The number of nitrogens with one attached hydrogen (secondary N) is 2. The minimum Gasteiger partial charge on any atom is -0.490 e. The molecule has 0 spiro atoms. The first-order chi connectivity index (χ1) is 22.3. The molecule has 0 atom stereocenters. The van der Waals surface area contributed by atoms with E-state index in [1.807, 2.05) is 57.2 Å². The van der Waals surface area contributed by atoms with Gasteiger partial charge in [0.2, 0.25) is 0 Å². The lowest BCUT2D eigenvalue weighted by atomic mass is 10.0. The van der Waals surface area contributed by atoms with Gasteiger partial charge in [0.25, 0.3) is 5.91 Å². The van der Waals surface area contributed by atoms with E-state index in [0.29, 0.717) is 64.5 Å². The molecule has 0 radical (unpaired) electrons. The van der Waals surface area contributed by atoms with Crippen LogP contribution < -0.4 is 24.4 Å². The Morgan fingerprint density at radius 3 is 2.28 bits per heavy atom. The van der Waals surface area contributed by atoms with Crippen molar-refractivity contribution in [3.05, 3.63) is 104 Å². The zero-order chi connectivity index (χ0) is 32.6. The number of aromatic amines is 1. The number of H-pyrrole nitrogens is 1. The van der Waals surface area contributed by atoms with Crippen LogP contribution in [-0.4, -0.2) is 42.9 Å². The summed E-state index contributed by atoms with van der Waals surface area (Å²) in [6, 6.07) is 23.1. The zero-order valence-electron chi connectivity index (χ0n) is 25.4. The molecule has 0 unspecified atom stereocenters. The molecule has 2 N–H and O–H groups in total. The van der Waals surface area contributed by atoms with E-state index in [1.165, 1.54) is 6.21 Å². The fourth-order valence-corrected chi connectivity index (χ4v) is 5.67. The number of amides is 1. The number of rotatable bonds is 12. The van der Waals surface area contributed by atoms with Crippen molar-refractivity contribution in [1.82, 2.24) is 10.4 Å². The Morgan fingerprint density at radius 1 is 0.848 bits per heavy atom. The third kappa shape index (κ3) is 7.29. The van der Waals surface area contributed by atoms with Crippen LogP contribution in [0.5, 0.6) is 23.0 Å². The first-order valence-electron chi connectivity index (χ1n) is 14.6. The third-order valence-corrected chi connectivity index (χ3v) is 8.01. The molecule has 11 heteroatoms. The summed E-state index contributed by atoms with van der Waals surface area (Å²) in [5, 5.41) is 5.59. The Balaban J connectivity index is 1.35. The van der Waals surface area contributed by atoms with E-state index in [-0.39, 0.29) is 5.75 Å². The lowest BCUT2D eigenvalue weighted by Crippen LogP contribution is -2.19. The van der Waals surface area contributed by atoms with Crippen molar-refractivity contribution in [2.24, 2.45) is 5.10 Å². The van der Waals surface area contributed by atoms with E-state index in [1.54, 1.807) is 42.5 Å². The Bertz CT molecular complexity index is 1920. The maximum Gasteiger partial charge on any atom is 0.343 e. The van der Waals surface area contributed by atoms with Gasteiger partial charge in [0.1, 0.15) is 5.69 Å². The molecule has 0 aliphatic rings. The van der Waals surface area contributed by atoms with E-state index in [9.17, 15) is 9.59 Å². The van der Waals surface area contributed by atoms with Gasteiger partial charge in [-0.25, -0.2) is 10.2 Å². The Hall–Kier alpha value is -4.55. The Morgan fingerprint density at radius 2 is 1.54 bits per heavy atom. The molecule has 0 saturated carbocycles. The number of nitrogens with zero attached hydrogens (tertiary/aromatic N) is 1. The van der Waals surface area contributed by atoms with Crippen molar-refractivity contribution in [3.8, 4) is 34.1 Å². The topological polar surface area (TPSA) is 111 Å². The summed E-state index contributed by atoms with van der Waals surface area (Å²) in [5.41, 5.74) is 6.11. The van der Waals surface area contributed by atoms with E-state index in [4.69, 9.17) is 30.5 Å². The van der Waals surface area contributed by atoms with Gasteiger partial charge in [-0.2, -0.15) is 5.10 Å². The molecular weight excluding hydrogens is 721 g/mol. The number of esters is 1. The van der Waals surface area contributed by atoms with Crippen LogP contribution in [-0.2, 0) is 0 Å². The lowest BCUT2D eigenvalue weighted by molar-refractivity contribution is 0.0727. The number of hydrazone groups is 1. The fraction of sp³-hybridized carbons (Fsp3) is 0.171. The molecule has 1 heterocycles. The van der Waals surface area contributed by atoms with Gasteiger partial charge in [-0.05, 0) is 97.5 Å². The average Bonchev–Trinajstić information content (AvgIpc) is 3.44. The third-order valence-electron chi connectivity index (χ3n) is 6.78. The van der Waals surface area contributed by atoms with Crippen LogP contribution in [0.25, 0.3) is 22.0 Å². The standard InChI is InChI=1S/C35H31ClIN3O6/c1-4-43-27-17-15-22(19-30(27)45-6-3)35(42)46-28-16-14-21(18-29(28)44-5-2)20-38-40-34(41)33-31(23-10-7-8-12-25(23)36)24-11-9-13-26(37)32(24)39-33/h7-20,39H,4-6H2,1-3H3,(H,40,41). The highest BCUT2D eigenvalue weighted by Crippen LogP contribution is 2.38. The number of hydrogen-bond acceptors (Lipinski definition) is 7. The van der Waals surface area contributed by atoms with Crippen LogP contribution in [0.4, 0.5) is 0 Å². The highest BCUT2D eigenvalue weighted by molar-refractivity contribution is 14.1. The van der Waals surface area contributed by atoms with Crippen molar-refractivity contribution in [2.75, 3.05) is 19.8 Å². The van der Waals surface area contributed by atoms with Crippen LogP contribution in [0.2, 0.25) is 5.02 Å². The molecule has 46 heavy (non-hydrogen) atoms. The van der Waals surface area contributed by atoms with Gasteiger partial charge < -0.3 is 23.9 Å². The van der Waals surface area contributed by atoms with Gasteiger partial charge in [-0.15, -0.1) is 0 Å². The van der Waals surface area contributed by atoms with Crippen molar-refractivity contribution >= 4 is 63.2 Å². The number of aromatic nitrogens is 1. The first kappa shape index (κ1) is 32.8. The Kier molecular flexibility index (Phi) is 10.8. The minimum absolute atomic E-state index is 0.233. The fourth-order valence-electron chi connectivity index (χ4n) is 4.81. The van der Waals surface area contributed by atoms with E-state index in [2.05, 4.69) is 38.1 Å². The second kappa shape index (κ2) is 15.2. The summed E-state index contributed by atoms with van der Waals surface area (Å²) in [6.07, 6.45) is 1.48. The van der Waals surface area contributed by atoms with Crippen LogP contribution >= 0.6 is 34.2 Å². The van der Waals surface area contributed by atoms with E-state index >= 15 is 0 Å². The molecule has 0 saturated heterocycles. The smallest absolute Gasteiger partial charge is 0.343 e. The normalized spacial score (nSPS) is 11.1. The summed E-state index contributed by atoms with van der Waals surface area (Å²) in [7, 11) is 0. The number of carbonyl (C=O) groups is 2. The van der Waals surface area contributed by atoms with Crippen LogP contribution in [0, 0.1) is 3.57 Å². The van der Waals surface area contributed by atoms with Crippen LogP contribution in [0.15, 0.2) is 84.0 Å². The van der Waals surface area contributed by atoms with Gasteiger partial charge in [0, 0.05) is 25.1 Å². The van der Waals surface area contributed by atoms with Crippen molar-refractivity contribution in [3.63, 3.8) is 0 Å². The van der Waals surface area contributed by atoms with Crippen molar-refractivity contribution in [1.29, 1.82) is 0 Å². The molecule has 5 aromatic rings. The van der Waals surface area contributed by atoms with Gasteiger partial charge in [-0.1, -0.05) is 41.9 Å². The molecule has 9 nitrogen and oxygen atoms in total. The van der Waals surface area contributed by atoms with Crippen molar-refractivity contribution in [2.45, 2.75) is 20.8 Å². The summed E-state index contributed by atoms with van der Waals surface area (Å²) >= 11 is 8.77. The van der Waals surface area contributed by atoms with Gasteiger partial charge in [0.05, 0.1) is 37.1 Å². The molecule has 5 rings (SSSR count). The SMILES string of the molecule is CCOc1ccc(C(=O)Oc2ccc(C=NNC(=O)c3[nH]c4c(I)cccc4c3-c3ccccc3Cl)cc2OCC)cc1OCC. The summed E-state index contributed by atoms with van der Waals surface area (Å²) in [4.78, 5) is 29.7. The molecule has 0 aliphatic carbocycles. The number of carbonyl (C=O) groups excluding carboxylic acids is 2. The summed E-state index contributed by atoms with van der Waals surface area (Å²) in [6.45, 7) is 6.77. The maximum absolute atomic E-state index is 13.4. The van der Waals surface area contributed by atoms with E-state index < -0.39 is 11.9 Å². The van der Waals surface area contributed by atoms with Gasteiger partial charge >= 0.3 is 5.97 Å². The predicted molar refractivity (Wildman–Crippen MR) is 188 cm³/mol. The number of ether oxygens (including phenoxy) is 4. The first-order valence-corrected chi connectivity index (χ1v) is 16.1. The number of halogens is 2. The molecule has 236 valence electrons. The quantitative estimate of drug-likeness (QED) is 0.0437. The molecule has 0 fully saturated rings. The number of fused-ring (bicyclic) bond motifs is 1. The molecule has 0 aliphatic heterocycles. The van der Waals surface area contributed by atoms with Gasteiger partial charge in [-0.3, -0.25) is 4.79 Å². The van der Waals surface area contributed by atoms with Crippen molar-refractivity contribution < 1.29 is 28.5 Å². The highest BCUT2D eigenvalue weighted by atomic mass is 127. The monoisotopic (exact) mass is 751 g/mol. The number of hydrogen-bond donors (Lipinski definition) is 2. The maximum atomic E-state index is 13.4. The van der Waals surface area contributed by atoms with Gasteiger partial charge in [0.15, 0.2) is 23.0 Å².